The summed E-state index contributed by atoms with van der Waals surface area (Å²) in [5, 5.41) is 5.78. The van der Waals surface area contributed by atoms with Crippen LogP contribution in [-0.2, 0) is 16.0 Å². The lowest BCUT2D eigenvalue weighted by Crippen LogP contribution is -2.49. The number of thiazole rings is 1. The fourth-order valence-corrected chi connectivity index (χ4v) is 4.30. The van der Waals surface area contributed by atoms with E-state index in [1.165, 1.54) is 17.4 Å². The molecule has 8 heteroatoms. The topological polar surface area (TPSA) is 65.5 Å². The van der Waals surface area contributed by atoms with Crippen LogP contribution in [0.3, 0.4) is 0 Å². The van der Waals surface area contributed by atoms with Gasteiger partial charge in [0.15, 0.2) is 5.13 Å². The molecule has 1 aliphatic heterocycles. The predicted molar refractivity (Wildman–Crippen MR) is 130 cm³/mol. The minimum atomic E-state index is -0.251. The van der Waals surface area contributed by atoms with Crippen molar-refractivity contribution in [3.63, 3.8) is 0 Å². The summed E-state index contributed by atoms with van der Waals surface area (Å²) in [6.45, 7) is 2.89. The van der Waals surface area contributed by atoms with Crippen molar-refractivity contribution in [3.8, 4) is 0 Å². The Bertz CT molecular complexity index is 1090. The van der Waals surface area contributed by atoms with E-state index in [0.717, 1.165) is 24.3 Å². The standard InChI is InChI=1S/C24H23ClN4O2S/c25-19-7-9-21(10-8-19)28-12-14-29(15-13-28)23(31)16-20-17-32-24(26-20)27-22(30)11-6-18-4-2-1-3-5-18/h1-11,17H,12-16H2,(H,26,27,30)/b11-6+. The maximum atomic E-state index is 12.7. The first-order valence-corrected chi connectivity index (χ1v) is 11.6. The summed E-state index contributed by atoms with van der Waals surface area (Å²) < 4.78 is 0. The summed E-state index contributed by atoms with van der Waals surface area (Å²) in [7, 11) is 0. The van der Waals surface area contributed by atoms with E-state index in [2.05, 4.69) is 15.2 Å². The number of carbonyl (C=O) groups is 2. The third kappa shape index (κ3) is 5.96. The van der Waals surface area contributed by atoms with E-state index in [0.29, 0.717) is 28.9 Å². The number of benzene rings is 2. The highest BCUT2D eigenvalue weighted by Gasteiger charge is 2.22. The van der Waals surface area contributed by atoms with Gasteiger partial charge in [-0.15, -0.1) is 11.3 Å². The highest BCUT2D eigenvalue weighted by Crippen LogP contribution is 2.20. The highest BCUT2D eigenvalue weighted by atomic mass is 35.5. The molecule has 2 heterocycles. The lowest BCUT2D eigenvalue weighted by atomic mass is 10.2. The molecule has 0 atom stereocenters. The van der Waals surface area contributed by atoms with Crippen LogP contribution in [0.15, 0.2) is 66.1 Å². The summed E-state index contributed by atoms with van der Waals surface area (Å²) >= 11 is 7.28. The highest BCUT2D eigenvalue weighted by molar-refractivity contribution is 7.14. The Labute approximate surface area is 196 Å². The molecule has 1 N–H and O–H groups in total. The van der Waals surface area contributed by atoms with Crippen molar-refractivity contribution in [2.24, 2.45) is 0 Å². The normalized spacial score (nSPS) is 14.0. The zero-order chi connectivity index (χ0) is 22.3. The second-order valence-electron chi connectivity index (χ2n) is 7.40. The lowest BCUT2D eigenvalue weighted by Gasteiger charge is -2.36. The van der Waals surface area contributed by atoms with Gasteiger partial charge in [0.25, 0.3) is 0 Å². The Balaban J connectivity index is 1.25. The summed E-state index contributed by atoms with van der Waals surface area (Å²) in [4.78, 5) is 33.3. The van der Waals surface area contributed by atoms with E-state index in [9.17, 15) is 9.59 Å². The van der Waals surface area contributed by atoms with Crippen LogP contribution in [0.2, 0.25) is 5.02 Å². The molecule has 2 amide bonds. The van der Waals surface area contributed by atoms with Gasteiger partial charge in [-0.1, -0.05) is 41.9 Å². The molecule has 1 aliphatic rings. The second-order valence-corrected chi connectivity index (χ2v) is 8.69. The number of carbonyl (C=O) groups excluding carboxylic acids is 2. The third-order valence-electron chi connectivity index (χ3n) is 5.17. The smallest absolute Gasteiger partial charge is 0.250 e. The molecule has 1 aromatic heterocycles. The number of amides is 2. The summed E-state index contributed by atoms with van der Waals surface area (Å²) in [5.74, 6) is -0.202. The maximum Gasteiger partial charge on any atom is 0.250 e. The SMILES string of the molecule is O=C(/C=C/c1ccccc1)Nc1nc(CC(=O)N2CCN(c3ccc(Cl)cc3)CC2)cs1. The monoisotopic (exact) mass is 466 g/mol. The van der Waals surface area contributed by atoms with Crippen LogP contribution in [0.4, 0.5) is 10.8 Å². The first-order chi connectivity index (χ1) is 15.6. The molecule has 0 bridgehead atoms. The Morgan fingerprint density at radius 2 is 1.75 bits per heavy atom. The van der Waals surface area contributed by atoms with Gasteiger partial charge >= 0.3 is 0 Å². The zero-order valence-corrected chi connectivity index (χ0v) is 19.0. The minimum Gasteiger partial charge on any atom is -0.368 e. The summed E-state index contributed by atoms with van der Waals surface area (Å²) in [6.07, 6.45) is 3.45. The van der Waals surface area contributed by atoms with Gasteiger partial charge in [-0.2, -0.15) is 0 Å². The fraction of sp³-hybridized carbons (Fsp3) is 0.208. The third-order valence-corrected chi connectivity index (χ3v) is 6.22. The van der Waals surface area contributed by atoms with Crippen LogP contribution >= 0.6 is 22.9 Å². The van der Waals surface area contributed by atoms with Crippen molar-refractivity contribution >= 4 is 51.6 Å². The molecule has 2 aromatic carbocycles. The van der Waals surface area contributed by atoms with Crippen molar-refractivity contribution in [3.05, 3.63) is 82.3 Å². The molecule has 3 aromatic rings. The molecule has 164 valence electrons. The van der Waals surface area contributed by atoms with E-state index in [1.54, 1.807) is 6.08 Å². The number of halogens is 1. The van der Waals surface area contributed by atoms with Crippen LogP contribution in [0.5, 0.6) is 0 Å². The Hall–Kier alpha value is -3.16. The van der Waals surface area contributed by atoms with Crippen molar-refractivity contribution in [2.75, 3.05) is 36.4 Å². The number of nitrogens with one attached hydrogen (secondary N) is 1. The van der Waals surface area contributed by atoms with Gasteiger partial charge < -0.3 is 9.80 Å². The molecule has 4 rings (SSSR count). The number of aromatic nitrogens is 1. The number of anilines is 2. The van der Waals surface area contributed by atoms with Crippen LogP contribution in [0.25, 0.3) is 6.08 Å². The first kappa shape index (κ1) is 22.0. The van der Waals surface area contributed by atoms with E-state index in [1.807, 2.05) is 64.9 Å². The number of hydrogen-bond donors (Lipinski definition) is 1. The molecule has 1 saturated heterocycles. The van der Waals surface area contributed by atoms with Gasteiger partial charge in [0.05, 0.1) is 12.1 Å². The van der Waals surface area contributed by atoms with Gasteiger partial charge in [-0.3, -0.25) is 14.9 Å². The lowest BCUT2D eigenvalue weighted by molar-refractivity contribution is -0.130. The summed E-state index contributed by atoms with van der Waals surface area (Å²) in [5.41, 5.74) is 2.73. The first-order valence-electron chi connectivity index (χ1n) is 10.3. The second kappa shape index (κ2) is 10.4. The van der Waals surface area contributed by atoms with Crippen LogP contribution in [0, 0.1) is 0 Å². The van der Waals surface area contributed by atoms with Crippen molar-refractivity contribution in [1.29, 1.82) is 0 Å². The number of nitrogens with zero attached hydrogens (tertiary/aromatic N) is 3. The van der Waals surface area contributed by atoms with E-state index < -0.39 is 0 Å². The van der Waals surface area contributed by atoms with Gasteiger partial charge in [-0.05, 0) is 35.9 Å². The minimum absolute atomic E-state index is 0.0490. The Morgan fingerprint density at radius 3 is 2.47 bits per heavy atom. The van der Waals surface area contributed by atoms with Crippen LogP contribution in [-0.4, -0.2) is 47.9 Å². The molecular weight excluding hydrogens is 444 g/mol. The van der Waals surface area contributed by atoms with Gasteiger partial charge in [0, 0.05) is 48.3 Å². The molecule has 1 fully saturated rings. The molecule has 0 radical (unpaired) electrons. The van der Waals surface area contributed by atoms with Crippen LogP contribution < -0.4 is 10.2 Å². The fourth-order valence-electron chi connectivity index (χ4n) is 3.46. The average Bonchev–Trinajstić information content (AvgIpc) is 3.25. The maximum absolute atomic E-state index is 12.7. The largest absolute Gasteiger partial charge is 0.368 e. The van der Waals surface area contributed by atoms with E-state index in [4.69, 9.17) is 11.6 Å². The van der Waals surface area contributed by atoms with Gasteiger partial charge in [0.2, 0.25) is 11.8 Å². The van der Waals surface area contributed by atoms with E-state index in [-0.39, 0.29) is 18.2 Å². The molecule has 0 saturated carbocycles. The van der Waals surface area contributed by atoms with Crippen molar-refractivity contribution in [1.82, 2.24) is 9.88 Å². The number of rotatable bonds is 6. The van der Waals surface area contributed by atoms with Gasteiger partial charge in [-0.25, -0.2) is 4.98 Å². The van der Waals surface area contributed by atoms with Crippen molar-refractivity contribution in [2.45, 2.75) is 6.42 Å². The molecule has 32 heavy (non-hydrogen) atoms. The molecule has 0 unspecified atom stereocenters. The Kier molecular flexibility index (Phi) is 7.19. The number of hydrogen-bond acceptors (Lipinski definition) is 5. The zero-order valence-electron chi connectivity index (χ0n) is 17.4. The summed E-state index contributed by atoms with van der Waals surface area (Å²) in [6, 6.07) is 17.4. The molecule has 0 aliphatic carbocycles. The molecule has 6 nitrogen and oxygen atoms in total. The van der Waals surface area contributed by atoms with E-state index >= 15 is 0 Å². The van der Waals surface area contributed by atoms with Crippen molar-refractivity contribution < 1.29 is 9.59 Å². The Morgan fingerprint density at radius 1 is 1.03 bits per heavy atom. The number of piperazine rings is 1. The average molecular weight is 467 g/mol. The predicted octanol–water partition coefficient (Wildman–Crippen LogP) is 4.34. The van der Waals surface area contributed by atoms with Gasteiger partial charge in [0.1, 0.15) is 0 Å². The quantitative estimate of drug-likeness (QED) is 0.549. The molecule has 0 spiro atoms. The molecular formula is C24H23ClN4O2S. The van der Waals surface area contributed by atoms with Crippen LogP contribution in [0.1, 0.15) is 11.3 Å².